The third kappa shape index (κ3) is 3.53. The molecular weight excluding hydrogens is 216 g/mol. The summed E-state index contributed by atoms with van der Waals surface area (Å²) in [5.41, 5.74) is 17.2. The average Bonchev–Trinajstić information content (AvgIpc) is 2.13. The van der Waals surface area contributed by atoms with E-state index in [0.717, 1.165) is 13.1 Å². The van der Waals surface area contributed by atoms with E-state index in [1.165, 1.54) is 0 Å². The van der Waals surface area contributed by atoms with Gasteiger partial charge in [0.05, 0.1) is 18.4 Å². The predicted octanol–water partition coefficient (Wildman–Crippen LogP) is -0.167. The molecule has 1 aliphatic rings. The fraction of sp³-hybridized carbons (Fsp3) is 0.556. The molecule has 1 unspecified atom stereocenters. The molecule has 0 saturated carbocycles. The summed E-state index contributed by atoms with van der Waals surface area (Å²) in [4.78, 5) is 2.01. The van der Waals surface area contributed by atoms with Crippen LogP contribution in [0, 0.1) is 0 Å². The van der Waals surface area contributed by atoms with Crippen LogP contribution in [0.3, 0.4) is 0 Å². The first-order valence-corrected chi connectivity index (χ1v) is 5.13. The molecule has 0 aliphatic carbocycles. The summed E-state index contributed by atoms with van der Waals surface area (Å²) in [6.45, 7) is 4.10. The van der Waals surface area contributed by atoms with Crippen LogP contribution in [0.2, 0.25) is 0 Å². The van der Waals surface area contributed by atoms with Gasteiger partial charge in [0, 0.05) is 13.1 Å². The molecule has 0 amide bonds. The van der Waals surface area contributed by atoms with Crippen molar-refractivity contribution in [1.29, 1.82) is 0 Å². The average molecular weight is 233 g/mol. The van der Waals surface area contributed by atoms with Crippen LogP contribution in [0.1, 0.15) is 6.92 Å². The maximum absolute atomic E-state index is 5.61. The molecule has 0 aromatic heterocycles. The van der Waals surface area contributed by atoms with E-state index in [0.29, 0.717) is 12.3 Å². The highest BCUT2D eigenvalue weighted by atomic mass is 35.5. The van der Waals surface area contributed by atoms with Gasteiger partial charge in [0.25, 0.3) is 0 Å². The zero-order valence-electron chi connectivity index (χ0n) is 8.74. The number of rotatable bonds is 2. The third-order valence-corrected chi connectivity index (χ3v) is 2.26. The summed E-state index contributed by atoms with van der Waals surface area (Å²) in [5, 5.41) is 0.164. The number of hydrogen-bond donors (Lipinski definition) is 3. The number of morpholine rings is 1. The lowest BCUT2D eigenvalue weighted by Gasteiger charge is -2.33. The van der Waals surface area contributed by atoms with Crippen LogP contribution in [-0.2, 0) is 4.74 Å². The van der Waals surface area contributed by atoms with E-state index in [2.05, 4.69) is 0 Å². The maximum Gasteiger partial charge on any atom is 0.118 e. The fourth-order valence-corrected chi connectivity index (χ4v) is 1.63. The van der Waals surface area contributed by atoms with Crippen molar-refractivity contribution >= 4 is 11.6 Å². The number of allylic oxidation sites excluding steroid dienone is 1. The molecule has 1 saturated heterocycles. The summed E-state index contributed by atoms with van der Waals surface area (Å²) >= 11 is 5.61. The lowest BCUT2D eigenvalue weighted by atomic mass is 10.2. The Kier molecular flexibility index (Phi) is 4.11. The Balaban J connectivity index is 2.82. The Labute approximate surface area is 94.5 Å². The quantitative estimate of drug-likeness (QED) is 0.454. The zero-order valence-corrected chi connectivity index (χ0v) is 9.50. The van der Waals surface area contributed by atoms with Gasteiger partial charge < -0.3 is 26.8 Å². The molecule has 1 atom stereocenters. The zero-order chi connectivity index (χ0) is 11.4. The molecule has 1 rings (SSSR count). The lowest BCUT2D eigenvalue weighted by molar-refractivity contribution is -0.00488. The van der Waals surface area contributed by atoms with Gasteiger partial charge in [0.1, 0.15) is 11.0 Å². The highest BCUT2D eigenvalue weighted by molar-refractivity contribution is 6.29. The SMILES string of the molecule is CC1CN(C(/C=C(\N)Cl)=C(N)N)CCO1. The molecule has 6 N–H and O–H groups in total. The Bertz CT molecular complexity index is 282. The van der Waals surface area contributed by atoms with Gasteiger partial charge in [-0.05, 0) is 13.0 Å². The van der Waals surface area contributed by atoms with Crippen molar-refractivity contribution in [1.82, 2.24) is 4.90 Å². The first-order valence-electron chi connectivity index (χ1n) is 4.75. The standard InChI is InChI=1S/C9H17ClN4O/c1-6-5-14(2-3-15-6)7(9(12)13)4-8(10)11/h4,6H,2-3,5,11-13H2,1H3/b8-4-. The first kappa shape index (κ1) is 12.0. The number of halogens is 1. The van der Waals surface area contributed by atoms with Gasteiger partial charge in [-0.3, -0.25) is 0 Å². The van der Waals surface area contributed by atoms with Crippen molar-refractivity contribution in [3.05, 3.63) is 22.8 Å². The minimum Gasteiger partial charge on any atom is -0.389 e. The van der Waals surface area contributed by atoms with Crippen LogP contribution in [0.5, 0.6) is 0 Å². The smallest absolute Gasteiger partial charge is 0.118 e. The third-order valence-electron chi connectivity index (χ3n) is 2.15. The van der Waals surface area contributed by atoms with E-state index in [1.807, 2.05) is 11.8 Å². The van der Waals surface area contributed by atoms with E-state index in [-0.39, 0.29) is 17.1 Å². The van der Waals surface area contributed by atoms with Gasteiger partial charge in [-0.15, -0.1) is 0 Å². The van der Waals surface area contributed by atoms with Crippen molar-refractivity contribution in [2.75, 3.05) is 19.7 Å². The van der Waals surface area contributed by atoms with Crippen LogP contribution >= 0.6 is 11.6 Å². The molecule has 5 nitrogen and oxygen atoms in total. The van der Waals surface area contributed by atoms with Crippen molar-refractivity contribution in [2.45, 2.75) is 13.0 Å². The molecule has 0 aromatic carbocycles. The van der Waals surface area contributed by atoms with Crippen LogP contribution in [0.15, 0.2) is 22.8 Å². The van der Waals surface area contributed by atoms with Crippen molar-refractivity contribution < 1.29 is 4.74 Å². The number of nitrogens with two attached hydrogens (primary N) is 3. The predicted molar refractivity (Wildman–Crippen MR) is 60.5 cm³/mol. The highest BCUT2D eigenvalue weighted by Crippen LogP contribution is 2.14. The monoisotopic (exact) mass is 232 g/mol. The van der Waals surface area contributed by atoms with Crippen molar-refractivity contribution in [2.24, 2.45) is 17.2 Å². The molecule has 86 valence electrons. The largest absolute Gasteiger partial charge is 0.389 e. The minimum atomic E-state index is 0.151. The number of hydrogen-bond acceptors (Lipinski definition) is 5. The van der Waals surface area contributed by atoms with E-state index in [1.54, 1.807) is 6.08 Å². The Hall–Kier alpha value is -1.07. The summed E-state index contributed by atoms with van der Waals surface area (Å²) in [5.74, 6) is 0.215. The van der Waals surface area contributed by atoms with E-state index < -0.39 is 0 Å². The van der Waals surface area contributed by atoms with Crippen LogP contribution in [0.25, 0.3) is 0 Å². The van der Waals surface area contributed by atoms with Gasteiger partial charge in [-0.25, -0.2) is 0 Å². The first-order chi connectivity index (χ1) is 7.00. The van der Waals surface area contributed by atoms with Crippen molar-refractivity contribution in [3.63, 3.8) is 0 Å². The molecule has 1 heterocycles. The molecule has 0 radical (unpaired) electrons. The van der Waals surface area contributed by atoms with Crippen LogP contribution in [-0.4, -0.2) is 30.7 Å². The molecule has 1 fully saturated rings. The van der Waals surface area contributed by atoms with Gasteiger partial charge in [0.2, 0.25) is 0 Å². The van der Waals surface area contributed by atoms with Gasteiger partial charge >= 0.3 is 0 Å². The molecule has 0 aromatic rings. The molecule has 6 heteroatoms. The summed E-state index contributed by atoms with van der Waals surface area (Å²) in [6, 6.07) is 0. The maximum atomic E-state index is 5.61. The molecular formula is C9H17ClN4O. The topological polar surface area (TPSA) is 90.5 Å². The van der Waals surface area contributed by atoms with Crippen molar-refractivity contribution in [3.8, 4) is 0 Å². The second-order valence-electron chi connectivity index (χ2n) is 3.50. The fourth-order valence-electron chi connectivity index (χ4n) is 1.53. The second-order valence-corrected chi connectivity index (χ2v) is 3.93. The summed E-state index contributed by atoms with van der Waals surface area (Å²) < 4.78 is 5.41. The normalized spacial score (nSPS) is 22.7. The van der Waals surface area contributed by atoms with Gasteiger partial charge in [-0.2, -0.15) is 0 Å². The summed E-state index contributed by atoms with van der Waals surface area (Å²) in [7, 11) is 0. The minimum absolute atomic E-state index is 0.151. The Morgan fingerprint density at radius 1 is 1.47 bits per heavy atom. The molecule has 0 spiro atoms. The summed E-state index contributed by atoms with van der Waals surface area (Å²) in [6.07, 6.45) is 1.72. The highest BCUT2D eigenvalue weighted by Gasteiger charge is 2.19. The van der Waals surface area contributed by atoms with E-state index >= 15 is 0 Å². The van der Waals surface area contributed by atoms with E-state index in [4.69, 9.17) is 33.5 Å². The van der Waals surface area contributed by atoms with E-state index in [9.17, 15) is 0 Å². The second kappa shape index (κ2) is 5.14. The number of ether oxygens (including phenoxy) is 1. The van der Waals surface area contributed by atoms with Crippen LogP contribution < -0.4 is 17.2 Å². The molecule has 0 bridgehead atoms. The molecule has 1 aliphatic heterocycles. The Morgan fingerprint density at radius 2 is 2.13 bits per heavy atom. The Morgan fingerprint density at radius 3 is 2.60 bits per heavy atom. The molecule has 15 heavy (non-hydrogen) atoms. The number of nitrogens with zero attached hydrogens (tertiary/aromatic N) is 1. The van der Waals surface area contributed by atoms with Gasteiger partial charge in [0.15, 0.2) is 0 Å². The van der Waals surface area contributed by atoms with Gasteiger partial charge in [-0.1, -0.05) is 11.6 Å². The lowest BCUT2D eigenvalue weighted by Crippen LogP contribution is -2.41. The van der Waals surface area contributed by atoms with Crippen LogP contribution in [0.4, 0.5) is 0 Å².